The molecule has 17 heavy (non-hydrogen) atoms. The molecule has 0 aliphatic heterocycles. The van der Waals surface area contributed by atoms with Crippen molar-refractivity contribution in [3.8, 4) is 5.75 Å². The Hall–Kier alpha value is -2.23. The molecular weight excluding hydrogens is 224 g/mol. The predicted molar refractivity (Wildman–Crippen MR) is 61.7 cm³/mol. The molecule has 0 amide bonds. The van der Waals surface area contributed by atoms with Gasteiger partial charge in [-0.1, -0.05) is 0 Å². The smallest absolute Gasteiger partial charge is 0.124 e. The van der Waals surface area contributed by atoms with Crippen LogP contribution in [0.15, 0.2) is 47.5 Å². The molecule has 0 saturated carbocycles. The zero-order chi connectivity index (χ0) is 12.3. The second-order valence-electron chi connectivity index (χ2n) is 3.44. The van der Waals surface area contributed by atoms with Crippen LogP contribution in [0, 0.1) is 11.6 Å². The summed E-state index contributed by atoms with van der Waals surface area (Å²) in [4.78, 5) is 4.00. The summed E-state index contributed by atoms with van der Waals surface area (Å²) >= 11 is 0. The minimum Gasteiger partial charge on any atom is -0.507 e. The van der Waals surface area contributed by atoms with Gasteiger partial charge in [0.15, 0.2) is 0 Å². The van der Waals surface area contributed by atoms with Gasteiger partial charge in [0.25, 0.3) is 0 Å². The highest BCUT2D eigenvalue weighted by Crippen LogP contribution is 2.18. The highest BCUT2D eigenvalue weighted by molar-refractivity contribution is 5.85. The maximum absolute atomic E-state index is 12.9. The van der Waals surface area contributed by atoms with Crippen LogP contribution in [-0.4, -0.2) is 11.3 Å². The number of nitrogens with zero attached hydrogens (tertiary/aromatic N) is 1. The maximum Gasteiger partial charge on any atom is 0.124 e. The standard InChI is InChI=1S/C13H9F2NO/c14-10-1-4-12(5-2-10)16-8-9-7-11(15)3-6-13(9)17/h1-8,17H. The van der Waals surface area contributed by atoms with Crippen LogP contribution in [-0.2, 0) is 0 Å². The van der Waals surface area contributed by atoms with E-state index >= 15 is 0 Å². The lowest BCUT2D eigenvalue weighted by atomic mass is 10.2. The van der Waals surface area contributed by atoms with Crippen molar-refractivity contribution >= 4 is 11.9 Å². The summed E-state index contributed by atoms with van der Waals surface area (Å²) in [5, 5.41) is 9.44. The Morgan fingerprint density at radius 3 is 2.29 bits per heavy atom. The first-order valence-electron chi connectivity index (χ1n) is 4.93. The van der Waals surface area contributed by atoms with Crippen LogP contribution in [0.4, 0.5) is 14.5 Å². The van der Waals surface area contributed by atoms with Gasteiger partial charge in [-0.2, -0.15) is 0 Å². The summed E-state index contributed by atoms with van der Waals surface area (Å²) in [6.07, 6.45) is 1.33. The molecule has 86 valence electrons. The maximum atomic E-state index is 12.9. The Balaban J connectivity index is 2.25. The molecule has 1 N–H and O–H groups in total. The van der Waals surface area contributed by atoms with Crippen LogP contribution in [0.25, 0.3) is 0 Å². The number of phenols is 1. The van der Waals surface area contributed by atoms with Gasteiger partial charge in [0.2, 0.25) is 0 Å². The Kier molecular flexibility index (Phi) is 3.14. The van der Waals surface area contributed by atoms with Crippen molar-refractivity contribution in [1.82, 2.24) is 0 Å². The SMILES string of the molecule is Oc1ccc(F)cc1C=Nc1ccc(F)cc1. The van der Waals surface area contributed by atoms with Gasteiger partial charge in [0.05, 0.1) is 5.69 Å². The van der Waals surface area contributed by atoms with Crippen LogP contribution in [0.1, 0.15) is 5.56 Å². The molecule has 0 bridgehead atoms. The Morgan fingerprint density at radius 2 is 1.59 bits per heavy atom. The van der Waals surface area contributed by atoms with E-state index in [1.165, 1.54) is 42.6 Å². The molecule has 0 unspecified atom stereocenters. The first-order valence-corrected chi connectivity index (χ1v) is 4.93. The van der Waals surface area contributed by atoms with Gasteiger partial charge in [-0.15, -0.1) is 0 Å². The number of aliphatic imine (C=N–C) groups is 1. The Bertz CT molecular complexity index is 550. The van der Waals surface area contributed by atoms with E-state index in [0.29, 0.717) is 5.69 Å². The lowest BCUT2D eigenvalue weighted by Gasteiger charge is -1.98. The van der Waals surface area contributed by atoms with Gasteiger partial charge < -0.3 is 5.11 Å². The molecule has 0 spiro atoms. The molecule has 0 saturated heterocycles. The monoisotopic (exact) mass is 233 g/mol. The van der Waals surface area contributed by atoms with Crippen LogP contribution in [0.5, 0.6) is 5.75 Å². The number of aromatic hydroxyl groups is 1. The van der Waals surface area contributed by atoms with Crippen LogP contribution in [0.3, 0.4) is 0 Å². The third-order valence-corrected chi connectivity index (χ3v) is 2.17. The fourth-order valence-corrected chi connectivity index (χ4v) is 1.30. The van der Waals surface area contributed by atoms with E-state index in [-0.39, 0.29) is 17.1 Å². The molecule has 0 aliphatic carbocycles. The van der Waals surface area contributed by atoms with Gasteiger partial charge in [-0.05, 0) is 42.5 Å². The molecule has 2 rings (SSSR count). The number of rotatable bonds is 2. The van der Waals surface area contributed by atoms with Crippen LogP contribution >= 0.6 is 0 Å². The van der Waals surface area contributed by atoms with E-state index in [0.717, 1.165) is 6.07 Å². The third kappa shape index (κ3) is 2.87. The van der Waals surface area contributed by atoms with Crippen molar-refractivity contribution in [2.45, 2.75) is 0 Å². The van der Waals surface area contributed by atoms with Crippen molar-refractivity contribution < 1.29 is 13.9 Å². The summed E-state index contributed by atoms with van der Waals surface area (Å²) in [6.45, 7) is 0. The minimum absolute atomic E-state index is 0.0581. The number of phenolic OH excluding ortho intramolecular Hbond substituents is 1. The molecule has 0 radical (unpaired) electrons. The van der Waals surface area contributed by atoms with Gasteiger partial charge >= 0.3 is 0 Å². The zero-order valence-electron chi connectivity index (χ0n) is 8.77. The molecule has 0 fully saturated rings. The molecule has 4 heteroatoms. The molecule has 0 atom stereocenters. The lowest BCUT2D eigenvalue weighted by molar-refractivity contribution is 0.472. The van der Waals surface area contributed by atoms with E-state index in [1.54, 1.807) is 0 Å². The molecule has 0 aliphatic rings. The third-order valence-electron chi connectivity index (χ3n) is 2.17. The normalized spacial score (nSPS) is 10.9. The molecule has 0 heterocycles. The highest BCUT2D eigenvalue weighted by Gasteiger charge is 1.99. The first-order chi connectivity index (χ1) is 8.15. The Morgan fingerprint density at radius 1 is 0.941 bits per heavy atom. The molecule has 2 aromatic rings. The second-order valence-corrected chi connectivity index (χ2v) is 3.44. The van der Waals surface area contributed by atoms with Gasteiger partial charge in [0, 0.05) is 11.8 Å². The minimum atomic E-state index is -0.455. The van der Waals surface area contributed by atoms with E-state index in [4.69, 9.17) is 0 Å². The van der Waals surface area contributed by atoms with E-state index in [1.807, 2.05) is 0 Å². The van der Waals surface area contributed by atoms with Gasteiger partial charge in [-0.25, -0.2) is 8.78 Å². The number of hydrogen-bond donors (Lipinski definition) is 1. The first kappa shape index (κ1) is 11.3. The topological polar surface area (TPSA) is 32.6 Å². The van der Waals surface area contributed by atoms with E-state index in [9.17, 15) is 13.9 Å². The molecule has 2 aromatic carbocycles. The van der Waals surface area contributed by atoms with Crippen molar-refractivity contribution in [1.29, 1.82) is 0 Å². The lowest BCUT2D eigenvalue weighted by Crippen LogP contribution is -1.84. The average Bonchev–Trinajstić information content (AvgIpc) is 2.32. The Labute approximate surface area is 96.9 Å². The fourth-order valence-electron chi connectivity index (χ4n) is 1.30. The summed E-state index contributed by atoms with van der Waals surface area (Å²) in [5.74, 6) is -0.863. The van der Waals surface area contributed by atoms with Crippen molar-refractivity contribution in [2.24, 2.45) is 4.99 Å². The van der Waals surface area contributed by atoms with Crippen LogP contribution < -0.4 is 0 Å². The quantitative estimate of drug-likeness (QED) is 0.792. The predicted octanol–water partition coefficient (Wildman–Crippen LogP) is 3.42. The van der Waals surface area contributed by atoms with E-state index in [2.05, 4.69) is 4.99 Å². The average molecular weight is 233 g/mol. The number of hydrogen-bond acceptors (Lipinski definition) is 2. The van der Waals surface area contributed by atoms with Gasteiger partial charge in [-0.3, -0.25) is 4.99 Å². The zero-order valence-corrected chi connectivity index (χ0v) is 8.77. The van der Waals surface area contributed by atoms with Crippen molar-refractivity contribution in [3.63, 3.8) is 0 Å². The van der Waals surface area contributed by atoms with E-state index < -0.39 is 5.82 Å². The highest BCUT2D eigenvalue weighted by atomic mass is 19.1. The fraction of sp³-hybridized carbons (Fsp3) is 0. The summed E-state index contributed by atoms with van der Waals surface area (Å²) in [5.41, 5.74) is 0.796. The molecule has 2 nitrogen and oxygen atoms in total. The van der Waals surface area contributed by atoms with Gasteiger partial charge in [0.1, 0.15) is 17.4 Å². The summed E-state index contributed by atoms with van der Waals surface area (Å²) in [6, 6.07) is 9.11. The molecular formula is C13H9F2NO. The molecule has 0 aromatic heterocycles. The van der Waals surface area contributed by atoms with Crippen LogP contribution in [0.2, 0.25) is 0 Å². The summed E-state index contributed by atoms with van der Waals surface area (Å²) < 4.78 is 25.5. The second kappa shape index (κ2) is 4.74. The van der Waals surface area contributed by atoms with Crippen molar-refractivity contribution in [2.75, 3.05) is 0 Å². The number of benzene rings is 2. The van der Waals surface area contributed by atoms with Crippen molar-refractivity contribution in [3.05, 3.63) is 59.7 Å². The number of halogens is 2. The largest absolute Gasteiger partial charge is 0.507 e. The summed E-state index contributed by atoms with van der Waals surface area (Å²) in [7, 11) is 0.